The van der Waals surface area contributed by atoms with E-state index in [0.29, 0.717) is 154 Å². The second-order valence-electron chi connectivity index (χ2n) is 37.4. The first kappa shape index (κ1) is 115. The first-order chi connectivity index (χ1) is 69.9. The SMILES string of the molecule is CCCCCOC(=O)CC(C(=O)OCCCCC)(C(=O)OCCCCC)c1ccc2c(c1)-c1nc-2nc2[nH]c(nc3nc(nc4[nH]c(n1)c1ccc(C(CC(=O)OCCCCC)(C(=O)OCCCCC)C(=O)OCCCCC)cc41)-c1ccc(C(CC(=O)OCCCCC)(C(=O)OCCCCC)C(=O)OCCCCC)cc1-3)c1ccc(C(CC(=O)OCCCCC)(C(=O)OCCCCC)C(=O)OCCCCC)cc21. The number of carbonyl (C=O) groups excluding carboxylic acids is 12. The number of carbonyl (C=O) groups is 12. The van der Waals surface area contributed by atoms with Crippen LogP contribution in [0.4, 0.5) is 0 Å². The van der Waals surface area contributed by atoms with Gasteiger partial charge in [0, 0.05) is 43.8 Å². The lowest BCUT2D eigenvalue weighted by atomic mass is 9.76. The highest BCUT2D eigenvalue weighted by molar-refractivity contribution is 6.15. The molecule has 2 aliphatic rings. The Morgan fingerprint density at radius 2 is 0.375 bits per heavy atom. The Morgan fingerprint density at radius 1 is 0.201 bits per heavy atom. The number of esters is 12. The van der Waals surface area contributed by atoms with Gasteiger partial charge in [-0.05, 0) is 124 Å². The first-order valence-corrected chi connectivity index (χ1v) is 53.3. The minimum absolute atomic E-state index is 0.0320. The highest BCUT2D eigenvalue weighted by Crippen LogP contribution is 2.46. The van der Waals surface area contributed by atoms with Gasteiger partial charge in [0.05, 0.1) is 105 Å². The zero-order valence-electron chi connectivity index (χ0n) is 87.2. The van der Waals surface area contributed by atoms with Crippen molar-refractivity contribution in [3.05, 3.63) is 95.1 Å². The second kappa shape index (κ2) is 60.0. The van der Waals surface area contributed by atoms with Crippen molar-refractivity contribution < 1.29 is 114 Å². The lowest BCUT2D eigenvalue weighted by Gasteiger charge is -2.29. The van der Waals surface area contributed by atoms with E-state index in [1.165, 1.54) is 48.5 Å². The van der Waals surface area contributed by atoms with Gasteiger partial charge in [0.15, 0.2) is 45.0 Å². The van der Waals surface area contributed by atoms with Crippen LogP contribution >= 0.6 is 0 Å². The van der Waals surface area contributed by atoms with Gasteiger partial charge in [0.2, 0.25) is 0 Å². The molecule has 5 heterocycles. The normalized spacial score (nSPS) is 11.9. The van der Waals surface area contributed by atoms with Crippen molar-refractivity contribution in [1.82, 2.24) is 39.9 Å². The summed E-state index contributed by atoms with van der Waals surface area (Å²) in [7, 11) is 0. The average Bonchev–Trinajstić information content (AvgIpc) is 1.63. The Balaban J connectivity index is 1.55. The van der Waals surface area contributed by atoms with E-state index >= 15 is 38.4 Å². The Labute approximate surface area is 847 Å². The molecule has 0 aliphatic carbocycles. The van der Waals surface area contributed by atoms with Gasteiger partial charge in [-0.3, -0.25) is 57.5 Å². The summed E-state index contributed by atoms with van der Waals surface area (Å²) in [6.07, 6.45) is 18.8. The summed E-state index contributed by atoms with van der Waals surface area (Å²) in [4.78, 5) is 224. The highest BCUT2D eigenvalue weighted by atomic mass is 16.6. The quantitative estimate of drug-likeness (QED) is 0.0155. The molecule has 7 aromatic rings. The van der Waals surface area contributed by atoms with Crippen LogP contribution in [0.1, 0.15) is 362 Å². The third-order valence-corrected chi connectivity index (χ3v) is 26.1. The number of nitrogens with one attached hydrogen (secondary N) is 2. The molecule has 0 saturated heterocycles. The second-order valence-corrected chi connectivity index (χ2v) is 37.4. The summed E-state index contributed by atoms with van der Waals surface area (Å²) in [5.41, 5.74) is -10.4. The number of ether oxygens (including phenoxy) is 12. The Bertz CT molecular complexity index is 5190. The fourth-order valence-corrected chi connectivity index (χ4v) is 17.5. The van der Waals surface area contributed by atoms with Crippen LogP contribution in [0.5, 0.6) is 0 Å². The summed E-state index contributed by atoms with van der Waals surface area (Å²) in [5, 5.41) is 0.655. The lowest BCUT2D eigenvalue weighted by Crippen LogP contribution is -2.48. The van der Waals surface area contributed by atoms with Crippen LogP contribution in [-0.2, 0) is 136 Å². The van der Waals surface area contributed by atoms with Crippen LogP contribution in [0.25, 0.3) is 89.7 Å². The largest absolute Gasteiger partial charge is 0.466 e. The van der Waals surface area contributed by atoms with Crippen molar-refractivity contribution in [3.8, 4) is 45.6 Å². The molecule has 786 valence electrons. The molecule has 144 heavy (non-hydrogen) atoms. The van der Waals surface area contributed by atoms with Gasteiger partial charge in [-0.2, -0.15) is 0 Å². The molecule has 32 heteroatoms. The average molecular weight is 2000 g/mol. The van der Waals surface area contributed by atoms with Gasteiger partial charge in [-0.25, -0.2) is 29.9 Å². The minimum atomic E-state index is -2.57. The van der Waals surface area contributed by atoms with E-state index in [2.05, 4.69) is 9.97 Å². The third kappa shape index (κ3) is 30.1. The standard InChI is InChI=1S/C112H154N8O24/c1-13-25-37-57-133-89(121)73-109(101(125)137-61-41-29-17-5,102(126)138-62-42-30-18-6)77-49-53-81-85(69-77)97-113-93(81)118-98-87-71-79(111(105(129)141-65-45-33-21-9,106(130)142-66-46-34-22-10)75-91(123)135-59-39-27-15-3)51-55-83(87)95(115-98)120-100-88-72-80(112(107(131)143-67-47-35-23-11,108(132)144-68-48-36-24-12)76-92(124)136-60-40-28-16-4)52-56-84(88)96(116-100)119-99-86-70-78(50-54-82(86)94(114-99)117-97)110(103(127)139-63-43-31-19-7,104(128)140-64-44-32-20-8)74-90(122)134-58-38-26-14-2/h49-56,69-72H,13-48,57-68,73-76H2,1-12H3,(H2,113,114,115,116,117,118,119,120). The number of benzene rings is 4. The topological polar surface area (TPSA) is 425 Å². The van der Waals surface area contributed by atoms with Crippen LogP contribution in [-0.4, -0.2) is 191 Å². The number of rotatable bonds is 68. The summed E-state index contributed by atoms with van der Waals surface area (Å²) < 4.78 is 72.6. The van der Waals surface area contributed by atoms with Crippen LogP contribution in [0.15, 0.2) is 72.8 Å². The number of hydrogen-bond acceptors (Lipinski definition) is 30. The van der Waals surface area contributed by atoms with Crippen LogP contribution in [0.3, 0.4) is 0 Å². The fraction of sp³-hybridized carbons (Fsp3) is 0.607. The predicted molar refractivity (Wildman–Crippen MR) is 547 cm³/mol. The van der Waals surface area contributed by atoms with Gasteiger partial charge >= 0.3 is 71.6 Å². The van der Waals surface area contributed by atoms with Gasteiger partial charge in [-0.1, -0.05) is 286 Å². The molecule has 2 N–H and O–H groups in total. The molecule has 0 saturated carbocycles. The van der Waals surface area contributed by atoms with E-state index < -0.39 is 119 Å². The maximum atomic E-state index is 15.7. The Morgan fingerprint density at radius 3 is 0.576 bits per heavy atom. The predicted octanol–water partition coefficient (Wildman–Crippen LogP) is 22.2. The Hall–Kier alpha value is -12.1. The van der Waals surface area contributed by atoms with Gasteiger partial charge < -0.3 is 66.8 Å². The number of aromatic nitrogens is 8. The molecule has 3 aromatic heterocycles. The third-order valence-electron chi connectivity index (χ3n) is 26.1. The van der Waals surface area contributed by atoms with E-state index in [-0.39, 0.29) is 191 Å². The summed E-state index contributed by atoms with van der Waals surface area (Å²) in [6, 6.07) is 18.1. The number of H-pyrrole nitrogens is 2. The van der Waals surface area contributed by atoms with Crippen molar-refractivity contribution in [2.45, 2.75) is 362 Å². The fourth-order valence-electron chi connectivity index (χ4n) is 17.5. The highest BCUT2D eigenvalue weighted by Gasteiger charge is 2.58. The van der Waals surface area contributed by atoms with Crippen LogP contribution in [0, 0.1) is 0 Å². The van der Waals surface area contributed by atoms with E-state index in [1.807, 2.05) is 83.1 Å². The van der Waals surface area contributed by atoms with Crippen molar-refractivity contribution in [1.29, 1.82) is 0 Å². The van der Waals surface area contributed by atoms with E-state index in [1.54, 1.807) is 24.3 Å². The number of unbranched alkanes of at least 4 members (excludes halogenated alkanes) is 24. The molecule has 0 atom stereocenters. The maximum Gasteiger partial charge on any atom is 0.328 e. The first-order valence-electron chi connectivity index (χ1n) is 53.3. The zero-order valence-corrected chi connectivity index (χ0v) is 87.2. The number of nitrogens with zero attached hydrogens (tertiary/aromatic N) is 6. The van der Waals surface area contributed by atoms with Gasteiger partial charge in [-0.15, -0.1) is 0 Å². The summed E-state index contributed by atoms with van der Waals surface area (Å²) >= 11 is 0. The minimum Gasteiger partial charge on any atom is -0.466 e. The van der Waals surface area contributed by atoms with E-state index in [4.69, 9.17) is 86.7 Å². The van der Waals surface area contributed by atoms with Crippen molar-refractivity contribution in [2.24, 2.45) is 0 Å². The van der Waals surface area contributed by atoms with Crippen molar-refractivity contribution in [3.63, 3.8) is 0 Å². The molecule has 32 nitrogen and oxygen atoms in total. The van der Waals surface area contributed by atoms with Crippen molar-refractivity contribution in [2.75, 3.05) is 79.3 Å². The molecule has 0 amide bonds. The molecule has 0 spiro atoms. The lowest BCUT2D eigenvalue weighted by molar-refractivity contribution is -0.171. The molecule has 0 unspecified atom stereocenters. The summed E-state index contributed by atoms with van der Waals surface area (Å²) in [5.74, 6) is -13.0. The van der Waals surface area contributed by atoms with Crippen LogP contribution in [0.2, 0.25) is 0 Å². The van der Waals surface area contributed by atoms with Gasteiger partial charge in [0.1, 0.15) is 22.6 Å². The van der Waals surface area contributed by atoms with E-state index in [9.17, 15) is 19.2 Å². The molecule has 0 radical (unpaired) electrons. The van der Waals surface area contributed by atoms with Crippen molar-refractivity contribution >= 4 is 116 Å². The molecule has 8 bridgehead atoms. The Kier molecular flexibility index (Phi) is 48.1. The smallest absolute Gasteiger partial charge is 0.328 e. The van der Waals surface area contributed by atoms with Crippen LogP contribution < -0.4 is 0 Å². The number of fused-ring (bicyclic) bond motifs is 20. The van der Waals surface area contributed by atoms with E-state index in [0.717, 1.165) is 77.0 Å². The summed E-state index contributed by atoms with van der Waals surface area (Å²) in [6.45, 7) is 22.5. The maximum absolute atomic E-state index is 15.7. The monoisotopic (exact) mass is 2000 g/mol. The molecule has 9 rings (SSSR count). The number of aromatic amines is 2. The molecular weight excluding hydrogens is 1840 g/mol. The van der Waals surface area contributed by atoms with Gasteiger partial charge in [0.25, 0.3) is 0 Å². The molecule has 0 fully saturated rings. The molecule has 2 aliphatic heterocycles. The molecule has 4 aromatic carbocycles. The zero-order chi connectivity index (χ0) is 104. The number of hydrogen-bond donors (Lipinski definition) is 2. The molecular formula is C112H154N8O24.